The van der Waals surface area contributed by atoms with Gasteiger partial charge in [0.1, 0.15) is 0 Å². The van der Waals surface area contributed by atoms with Crippen LogP contribution in [0.5, 0.6) is 0 Å². The van der Waals surface area contributed by atoms with Gasteiger partial charge in [-0.3, -0.25) is 4.98 Å². The normalized spacial score (nSPS) is 10.7. The van der Waals surface area contributed by atoms with Crippen molar-refractivity contribution in [3.63, 3.8) is 0 Å². The molecular weight excluding hydrogens is 295 g/mol. The van der Waals surface area contributed by atoms with E-state index in [0.29, 0.717) is 0 Å². The molecule has 0 atom stereocenters. The van der Waals surface area contributed by atoms with Gasteiger partial charge in [0.25, 0.3) is 6.43 Å². The Morgan fingerprint density at radius 2 is 2.27 bits per heavy atom. The molecule has 15 heavy (non-hydrogen) atoms. The van der Waals surface area contributed by atoms with Crippen LogP contribution in [-0.2, 0) is 5.88 Å². The zero-order valence-electron chi connectivity index (χ0n) is 7.18. The monoisotopic (exact) mass is 299 g/mol. The lowest BCUT2D eigenvalue weighted by molar-refractivity contribution is 0.0682. The van der Waals surface area contributed by atoms with Gasteiger partial charge in [-0.2, -0.15) is 0 Å². The second kappa shape index (κ2) is 4.85. The van der Waals surface area contributed by atoms with E-state index >= 15 is 0 Å². The van der Waals surface area contributed by atoms with Gasteiger partial charge in [0.2, 0.25) is 0 Å². The maximum Gasteiger partial charge on any atom is 0.337 e. The van der Waals surface area contributed by atoms with Crippen molar-refractivity contribution in [1.29, 1.82) is 0 Å². The second-order valence-electron chi connectivity index (χ2n) is 2.58. The molecule has 0 radical (unpaired) electrons. The number of halogens is 4. The van der Waals surface area contributed by atoms with Crippen LogP contribution in [0.15, 0.2) is 10.7 Å². The summed E-state index contributed by atoms with van der Waals surface area (Å²) in [4.78, 5) is 14.4. The van der Waals surface area contributed by atoms with Gasteiger partial charge >= 0.3 is 5.97 Å². The summed E-state index contributed by atoms with van der Waals surface area (Å²) in [5, 5.41) is 8.78. The number of hydrogen-bond donors (Lipinski definition) is 1. The van der Waals surface area contributed by atoms with Crippen molar-refractivity contribution in [3.8, 4) is 0 Å². The molecule has 1 aromatic heterocycles. The Morgan fingerprint density at radius 3 is 2.67 bits per heavy atom. The van der Waals surface area contributed by atoms with Gasteiger partial charge in [-0.15, -0.1) is 11.6 Å². The summed E-state index contributed by atoms with van der Waals surface area (Å²) >= 11 is 8.26. The highest BCUT2D eigenvalue weighted by molar-refractivity contribution is 9.10. The van der Waals surface area contributed by atoms with Crippen LogP contribution >= 0.6 is 27.5 Å². The van der Waals surface area contributed by atoms with Gasteiger partial charge in [-0.1, -0.05) is 0 Å². The number of carbonyl (C=O) groups is 1. The van der Waals surface area contributed by atoms with Crippen LogP contribution in [0.3, 0.4) is 0 Å². The van der Waals surface area contributed by atoms with Crippen LogP contribution < -0.4 is 0 Å². The van der Waals surface area contributed by atoms with E-state index in [1.807, 2.05) is 0 Å². The number of alkyl halides is 3. The number of nitrogens with zero attached hydrogens (tertiary/aromatic N) is 1. The van der Waals surface area contributed by atoms with Crippen molar-refractivity contribution in [1.82, 2.24) is 4.98 Å². The van der Waals surface area contributed by atoms with Crippen LogP contribution in [0, 0.1) is 0 Å². The van der Waals surface area contributed by atoms with E-state index in [1.54, 1.807) is 0 Å². The number of carboxylic acid groups (broad SMARTS) is 1. The molecule has 0 bridgehead atoms. The Balaban J connectivity index is 3.51. The summed E-state index contributed by atoms with van der Waals surface area (Å²) < 4.78 is 25.3. The third kappa shape index (κ3) is 2.43. The predicted molar refractivity (Wildman–Crippen MR) is 53.4 cm³/mol. The molecule has 1 heterocycles. The number of carboxylic acids is 1. The zero-order chi connectivity index (χ0) is 11.6. The first-order valence-electron chi connectivity index (χ1n) is 3.73. The maximum atomic E-state index is 12.6. The molecule has 0 aliphatic heterocycles. The molecule has 3 nitrogen and oxygen atoms in total. The minimum atomic E-state index is -2.92. The Hall–Kier alpha value is -0.750. The van der Waals surface area contributed by atoms with Gasteiger partial charge in [-0.25, -0.2) is 13.6 Å². The van der Waals surface area contributed by atoms with E-state index < -0.39 is 23.5 Å². The SMILES string of the molecule is O=C(O)c1c(Br)cnc(CCl)c1C(F)F. The molecule has 82 valence electrons. The molecule has 1 aromatic rings. The number of rotatable bonds is 3. The Labute approximate surface area is 97.2 Å². The fourth-order valence-electron chi connectivity index (χ4n) is 1.10. The number of aromatic carboxylic acids is 1. The largest absolute Gasteiger partial charge is 0.478 e. The molecule has 0 unspecified atom stereocenters. The topological polar surface area (TPSA) is 50.2 Å². The summed E-state index contributed by atoms with van der Waals surface area (Å²) in [6.45, 7) is 0. The quantitative estimate of drug-likeness (QED) is 0.872. The molecule has 0 aliphatic carbocycles. The maximum absolute atomic E-state index is 12.6. The van der Waals surface area contributed by atoms with Gasteiger partial charge in [-0.05, 0) is 15.9 Å². The Kier molecular flexibility index (Phi) is 3.98. The average molecular weight is 300 g/mol. The highest BCUT2D eigenvalue weighted by atomic mass is 79.9. The first-order valence-corrected chi connectivity index (χ1v) is 5.06. The summed E-state index contributed by atoms with van der Waals surface area (Å²) in [6.07, 6.45) is -1.78. The summed E-state index contributed by atoms with van der Waals surface area (Å²) in [5.74, 6) is -1.70. The van der Waals surface area contributed by atoms with Crippen LogP contribution in [0.25, 0.3) is 0 Å². The van der Waals surface area contributed by atoms with E-state index in [9.17, 15) is 13.6 Å². The van der Waals surface area contributed by atoms with Gasteiger partial charge < -0.3 is 5.11 Å². The average Bonchev–Trinajstić information content (AvgIpc) is 2.16. The van der Waals surface area contributed by atoms with Crippen molar-refractivity contribution in [3.05, 3.63) is 27.5 Å². The third-order valence-electron chi connectivity index (χ3n) is 1.71. The van der Waals surface area contributed by atoms with E-state index in [-0.39, 0.29) is 16.0 Å². The van der Waals surface area contributed by atoms with Crippen LogP contribution in [0.1, 0.15) is 28.0 Å². The zero-order valence-corrected chi connectivity index (χ0v) is 9.52. The first kappa shape index (κ1) is 12.3. The first-order chi connectivity index (χ1) is 6.99. The van der Waals surface area contributed by atoms with Crippen LogP contribution in [-0.4, -0.2) is 16.1 Å². The van der Waals surface area contributed by atoms with Gasteiger partial charge in [0.05, 0.1) is 27.2 Å². The van der Waals surface area contributed by atoms with E-state index in [2.05, 4.69) is 20.9 Å². The summed E-state index contributed by atoms with van der Waals surface area (Å²) in [6, 6.07) is 0. The fraction of sp³-hybridized carbons (Fsp3) is 0.250. The number of pyridine rings is 1. The molecule has 1 N–H and O–H groups in total. The molecule has 7 heteroatoms. The molecule has 1 rings (SSSR count). The molecular formula is C8H5BrClF2NO2. The minimum Gasteiger partial charge on any atom is -0.478 e. The van der Waals surface area contributed by atoms with Crippen LogP contribution in [0.4, 0.5) is 8.78 Å². The molecule has 0 saturated heterocycles. The van der Waals surface area contributed by atoms with Crippen molar-refractivity contribution in [2.24, 2.45) is 0 Å². The summed E-state index contributed by atoms with van der Waals surface area (Å²) in [5.41, 5.74) is -1.24. The standard InChI is InChI=1S/C8H5BrClF2NO2/c9-3-2-13-4(1-10)6(7(11)12)5(3)8(14)15/h2,7H,1H2,(H,14,15). The minimum absolute atomic E-state index is 0.0131. The number of aromatic nitrogens is 1. The molecule has 0 spiro atoms. The molecule has 0 aliphatic rings. The summed E-state index contributed by atoms with van der Waals surface area (Å²) in [7, 11) is 0. The second-order valence-corrected chi connectivity index (χ2v) is 3.70. The van der Waals surface area contributed by atoms with E-state index in [1.165, 1.54) is 0 Å². The van der Waals surface area contributed by atoms with Crippen LogP contribution in [0.2, 0.25) is 0 Å². The predicted octanol–water partition coefficient (Wildman–Crippen LogP) is 3.22. The van der Waals surface area contributed by atoms with Crippen molar-refractivity contribution in [2.45, 2.75) is 12.3 Å². The third-order valence-corrected chi connectivity index (χ3v) is 2.57. The lowest BCUT2D eigenvalue weighted by Gasteiger charge is -2.10. The van der Waals surface area contributed by atoms with Gasteiger partial charge in [0.15, 0.2) is 0 Å². The van der Waals surface area contributed by atoms with E-state index in [0.717, 1.165) is 6.20 Å². The molecule has 0 amide bonds. The van der Waals surface area contributed by atoms with Crippen molar-refractivity contribution < 1.29 is 18.7 Å². The Bertz CT molecular complexity index is 400. The lowest BCUT2D eigenvalue weighted by Crippen LogP contribution is -2.09. The highest BCUT2D eigenvalue weighted by Gasteiger charge is 2.25. The fourth-order valence-corrected chi connectivity index (χ4v) is 1.80. The lowest BCUT2D eigenvalue weighted by atomic mass is 10.1. The number of hydrogen-bond acceptors (Lipinski definition) is 2. The molecule has 0 fully saturated rings. The highest BCUT2D eigenvalue weighted by Crippen LogP contribution is 2.31. The molecule has 0 saturated carbocycles. The Morgan fingerprint density at radius 1 is 1.67 bits per heavy atom. The van der Waals surface area contributed by atoms with Gasteiger partial charge in [0, 0.05) is 6.20 Å². The van der Waals surface area contributed by atoms with Crippen molar-refractivity contribution >= 4 is 33.5 Å². The molecule has 0 aromatic carbocycles. The van der Waals surface area contributed by atoms with Crippen molar-refractivity contribution in [2.75, 3.05) is 0 Å². The smallest absolute Gasteiger partial charge is 0.337 e. The van der Waals surface area contributed by atoms with E-state index in [4.69, 9.17) is 16.7 Å².